The lowest BCUT2D eigenvalue weighted by Gasteiger charge is -2.17. The summed E-state index contributed by atoms with van der Waals surface area (Å²) < 4.78 is 50.9. The number of nitrogens with one attached hydrogen (secondary N) is 1. The maximum atomic E-state index is 12.6. The first-order valence-corrected chi connectivity index (χ1v) is 46.3. The summed E-state index contributed by atoms with van der Waals surface area (Å²) in [5.74, 6) is 5.29. The Kier molecular flexibility index (Phi) is 46.0. The van der Waals surface area contributed by atoms with Crippen LogP contribution in [0.1, 0.15) is 177 Å². The smallest absolute Gasteiger partial charge is 0.313 e. The minimum absolute atomic E-state index is 0.00399. The molecule has 5 atom stereocenters. The normalized spacial score (nSPS) is 11.9. The van der Waals surface area contributed by atoms with E-state index in [1.807, 2.05) is 249 Å². The molecule has 0 aromatic heterocycles. The molecule has 2 amide bonds. The third kappa shape index (κ3) is 39.0. The van der Waals surface area contributed by atoms with Crippen LogP contribution in [0.3, 0.4) is 0 Å². The van der Waals surface area contributed by atoms with E-state index in [1.54, 1.807) is 102 Å². The Labute approximate surface area is 738 Å². The highest BCUT2D eigenvalue weighted by Gasteiger charge is 2.25. The molecule has 10 rings (SSSR count). The number of hydrogen-bond donors (Lipinski definition) is 4. The molecule has 0 spiro atoms. The van der Waals surface area contributed by atoms with Crippen molar-refractivity contribution in [1.82, 2.24) is 4.72 Å². The number of carbonyl (C=O) groups excluding carboxylic acids is 8. The van der Waals surface area contributed by atoms with Crippen LogP contribution in [-0.2, 0) is 29.2 Å². The third-order valence-corrected chi connectivity index (χ3v) is 25.6. The molecule has 122 heavy (non-hydrogen) atoms. The summed E-state index contributed by atoms with van der Waals surface area (Å²) >= 11 is 7.64. The minimum Gasteiger partial charge on any atom is -0.497 e. The van der Waals surface area contributed by atoms with E-state index in [0.717, 1.165) is 91.9 Å². The number of methoxy groups -OCH3 is 5. The molecule has 0 aliphatic heterocycles. The van der Waals surface area contributed by atoms with Crippen molar-refractivity contribution in [2.24, 2.45) is 11.5 Å². The van der Waals surface area contributed by atoms with E-state index >= 15 is 0 Å². The number of rotatable bonds is 46. The lowest BCUT2D eigenvalue weighted by atomic mass is 10.0. The molecule has 0 saturated carbocycles. The number of ether oxygens (including phenoxy) is 5. The van der Waals surface area contributed by atoms with Crippen molar-refractivity contribution in [3.8, 4) is 28.7 Å². The van der Waals surface area contributed by atoms with E-state index in [4.69, 9.17) is 40.3 Å². The third-order valence-electron chi connectivity index (χ3n) is 18.3. The molecular weight excluding hydrogens is 1660 g/mol. The van der Waals surface area contributed by atoms with E-state index in [2.05, 4.69) is 4.72 Å². The highest BCUT2D eigenvalue weighted by Crippen LogP contribution is 2.40. The Morgan fingerprint density at radius 3 is 0.779 bits per heavy atom. The summed E-state index contributed by atoms with van der Waals surface area (Å²) in [5.41, 5.74) is 18.9. The van der Waals surface area contributed by atoms with Gasteiger partial charge in [0.05, 0.1) is 53.4 Å². The molecule has 20 nitrogen and oxygen atoms in total. The summed E-state index contributed by atoms with van der Waals surface area (Å²) in [5, 5.41) is 8.64. The predicted octanol–water partition coefficient (Wildman–Crippen LogP) is 19.8. The highest BCUT2D eigenvalue weighted by molar-refractivity contribution is 8.01. The summed E-state index contributed by atoms with van der Waals surface area (Å²) in [6.45, 7) is 1.62. The quantitative estimate of drug-likeness (QED) is 0.0156. The van der Waals surface area contributed by atoms with Gasteiger partial charge in [0.1, 0.15) is 34.5 Å². The molecule has 5 unspecified atom stereocenters. The van der Waals surface area contributed by atoms with Crippen LogP contribution in [0, 0.1) is 0 Å². The molecule has 0 aliphatic rings. The van der Waals surface area contributed by atoms with Gasteiger partial charge in [-0.25, -0.2) is 13.1 Å². The average Bonchev–Trinajstić information content (AvgIpc) is 0.882. The number of sulfonamides is 1. The SMILES string of the molecule is COc1ccc(C(CC(=O)c2ccccc2)SCC(=O)O)cc1.COc1ccc(C(CC(=O)c2ccccc2)SCCC(N)=O)cc1.COc1ccc(C(CC(=O)c2ccccc2)SCCCC(C)=O)cc1.COc1ccc(C(CC(=O)c2ccccc2)SCCCC(N)=O)cc1.COc1ccc(C(CC(=O)c2ccccc2)SCNS(C)(=O)=O)cc1. The van der Waals surface area contributed by atoms with Gasteiger partial charge >= 0.3 is 5.97 Å². The highest BCUT2D eigenvalue weighted by atomic mass is 32.2. The first-order valence-electron chi connectivity index (χ1n) is 39.2. The molecule has 0 fully saturated rings. The van der Waals surface area contributed by atoms with Gasteiger partial charge in [-0.3, -0.25) is 38.4 Å². The number of ketones is 6. The Morgan fingerprint density at radius 1 is 0.328 bits per heavy atom. The first kappa shape index (κ1) is 100. The zero-order valence-electron chi connectivity index (χ0n) is 69.6. The molecule has 6 N–H and O–H groups in total. The monoisotopic (exact) mass is 1770 g/mol. The summed E-state index contributed by atoms with van der Waals surface area (Å²) in [6.07, 6.45) is 5.71. The van der Waals surface area contributed by atoms with Crippen LogP contribution in [-0.4, -0.2) is 137 Å². The molecule has 0 bridgehead atoms. The van der Waals surface area contributed by atoms with Gasteiger partial charge in [0, 0.05) is 111 Å². The van der Waals surface area contributed by atoms with Crippen molar-refractivity contribution in [2.75, 3.05) is 70.7 Å². The zero-order valence-corrected chi connectivity index (χ0v) is 74.5. The number of hydrogen-bond acceptors (Lipinski definition) is 21. The number of carboxylic acids is 1. The van der Waals surface area contributed by atoms with Gasteiger partial charge in [-0.05, 0) is 120 Å². The van der Waals surface area contributed by atoms with E-state index < -0.39 is 16.0 Å². The average molecular weight is 1770 g/mol. The number of thioether (sulfide) groups is 5. The van der Waals surface area contributed by atoms with Crippen LogP contribution in [0.15, 0.2) is 273 Å². The van der Waals surface area contributed by atoms with Gasteiger partial charge in [-0.1, -0.05) is 212 Å². The Hall–Kier alpha value is -10.7. The molecule has 10 aromatic rings. The van der Waals surface area contributed by atoms with Crippen molar-refractivity contribution in [1.29, 1.82) is 0 Å². The Balaban J connectivity index is 0.000000236. The number of benzene rings is 10. The second kappa shape index (κ2) is 56.1. The molecule has 644 valence electrons. The predicted molar refractivity (Wildman–Crippen MR) is 496 cm³/mol. The van der Waals surface area contributed by atoms with Crippen molar-refractivity contribution in [3.63, 3.8) is 0 Å². The molecule has 26 heteroatoms. The zero-order chi connectivity index (χ0) is 88.4. The lowest BCUT2D eigenvalue weighted by molar-refractivity contribution is -0.134. The van der Waals surface area contributed by atoms with E-state index in [-0.39, 0.29) is 97.2 Å². The largest absolute Gasteiger partial charge is 0.497 e. The van der Waals surface area contributed by atoms with Crippen LogP contribution in [0.4, 0.5) is 0 Å². The maximum Gasteiger partial charge on any atom is 0.313 e. The number of amides is 2. The molecule has 0 heterocycles. The molecular formula is C96H107N3O17S6. The topological polar surface area (TPSA) is 318 Å². The molecule has 0 radical (unpaired) electrons. The van der Waals surface area contributed by atoms with Crippen molar-refractivity contribution in [2.45, 2.75) is 97.4 Å². The number of aliphatic carboxylic acids is 1. The van der Waals surface area contributed by atoms with Crippen molar-refractivity contribution < 1.29 is 80.4 Å². The van der Waals surface area contributed by atoms with Gasteiger partial charge in [-0.15, -0.1) is 23.5 Å². The van der Waals surface area contributed by atoms with Crippen molar-refractivity contribution >= 4 is 121 Å². The van der Waals surface area contributed by atoms with Crippen LogP contribution in [0.5, 0.6) is 28.7 Å². The number of Topliss-reactive ketones (excluding diaryl/α,β-unsaturated/α-hetero) is 6. The minimum atomic E-state index is -3.27. The molecule has 0 aliphatic carbocycles. The summed E-state index contributed by atoms with van der Waals surface area (Å²) in [7, 11) is 4.80. The Morgan fingerprint density at radius 2 is 0.557 bits per heavy atom. The second-order valence-corrected chi connectivity index (χ2v) is 35.6. The van der Waals surface area contributed by atoms with Gasteiger partial charge in [0.15, 0.2) is 28.9 Å². The fraction of sp³-hybridized carbons (Fsp3) is 0.281. The van der Waals surface area contributed by atoms with Crippen LogP contribution in [0.2, 0.25) is 0 Å². The van der Waals surface area contributed by atoms with Crippen LogP contribution in [0.25, 0.3) is 0 Å². The standard InChI is InChI=1S/C21H24O3S.C20H23NO3S.C19H21NO3S.C18H21NO4S2.C18H18O4S/c1-16(22)7-6-14-25-21(18-10-12-19(24-2)13-11-18)15-20(23)17-8-4-3-5-9-17;1-24-17-11-9-16(10-12-17)19(25-13-5-8-20(21)23)14-18(22)15-6-3-2-4-7-15;1-23-16-9-7-15(8-10-16)18(24-12-11-19(20)22)13-17(21)14-5-3-2-4-6-14;1-23-16-10-8-15(9-11-16)18(24-13-19-25(2,21)22)12-17(20)14-6-4-3-5-7-14;1-22-15-9-7-14(8-10-15)17(23-12-18(20)21)11-16(19)13-5-3-2-4-6-13/h3-5,8-13,21H,6-7,14-15H2,1-2H3;2-4,6-7,9-12,19H,5,8,13-14H2,1H3,(H2,21,23);2-10,18H,11-13H2,1H3,(H2,20,22);3-11,18-19H,12-13H2,1-2H3;2-10,17H,11-12H2,1H3,(H,20,21). The number of carbonyl (C=O) groups is 9. The van der Waals surface area contributed by atoms with Crippen molar-refractivity contribution in [3.05, 3.63) is 329 Å². The Bertz CT molecular complexity index is 4810. The first-order chi connectivity index (χ1) is 58.8. The molecule has 10 aromatic carbocycles. The lowest BCUT2D eigenvalue weighted by Crippen LogP contribution is -2.22. The van der Waals surface area contributed by atoms with Crippen LogP contribution < -0.4 is 39.9 Å². The van der Waals surface area contributed by atoms with Gasteiger partial charge in [0.2, 0.25) is 21.8 Å². The van der Waals surface area contributed by atoms with Gasteiger partial charge < -0.3 is 45.1 Å². The van der Waals surface area contributed by atoms with E-state index in [0.29, 0.717) is 67.4 Å². The van der Waals surface area contributed by atoms with E-state index in [1.165, 1.54) is 23.5 Å². The summed E-state index contributed by atoms with van der Waals surface area (Å²) in [4.78, 5) is 106. The van der Waals surface area contributed by atoms with E-state index in [9.17, 15) is 51.6 Å². The number of carboxylic acid groups (broad SMARTS) is 1. The fourth-order valence-corrected chi connectivity index (χ4v) is 18.3. The fourth-order valence-electron chi connectivity index (χ4n) is 11.7. The summed E-state index contributed by atoms with van der Waals surface area (Å²) in [6, 6.07) is 84.2. The second-order valence-electron chi connectivity index (χ2n) is 27.4. The van der Waals surface area contributed by atoms with Gasteiger partial charge in [-0.2, -0.15) is 35.3 Å². The maximum absolute atomic E-state index is 12.6. The number of primary amides is 2. The number of nitrogens with two attached hydrogens (primary N) is 2. The molecule has 0 saturated heterocycles. The van der Waals surface area contributed by atoms with Crippen LogP contribution >= 0.6 is 58.8 Å². The van der Waals surface area contributed by atoms with Gasteiger partial charge in [0.25, 0.3) is 0 Å².